The van der Waals surface area contributed by atoms with E-state index in [0.717, 1.165) is 0 Å². The van der Waals surface area contributed by atoms with E-state index in [-0.39, 0.29) is 0 Å². The van der Waals surface area contributed by atoms with E-state index in [1.165, 1.54) is 8.92 Å². The average molecular weight is 312 g/mol. The van der Waals surface area contributed by atoms with Crippen LogP contribution in [0.25, 0.3) is 0 Å². The first-order valence-electron chi connectivity index (χ1n) is 4.40. The minimum absolute atomic E-state index is 0.904. The van der Waals surface area contributed by atoms with Crippen LogP contribution in [0.15, 0.2) is 60.7 Å². The zero-order valence-electron chi connectivity index (χ0n) is 7.59. The van der Waals surface area contributed by atoms with Gasteiger partial charge in [-0.25, -0.2) is 0 Å². The Morgan fingerprint density at radius 1 is 0.643 bits per heavy atom. The Bertz CT molecular complexity index is 379. The fraction of sp³-hybridized carbons (Fsp3) is 0. The summed E-state index contributed by atoms with van der Waals surface area (Å²) < 4.78 is 2.89. The molecule has 14 heavy (non-hydrogen) atoms. The normalized spacial score (nSPS) is 10.4. The summed E-state index contributed by atoms with van der Waals surface area (Å²) in [5.74, 6) is 0. The van der Waals surface area contributed by atoms with Crippen molar-refractivity contribution in [3.05, 3.63) is 60.7 Å². The van der Waals surface area contributed by atoms with E-state index in [4.69, 9.17) is 0 Å². The molecule has 0 unspecified atom stereocenters. The summed E-state index contributed by atoms with van der Waals surface area (Å²) in [6.07, 6.45) is 0. The molecule has 0 aliphatic heterocycles. The molecule has 0 radical (unpaired) electrons. The molecule has 2 aromatic rings. The fourth-order valence-corrected chi connectivity index (χ4v) is 5.91. The molecule has 0 aliphatic rings. The third-order valence-electron chi connectivity index (χ3n) is 1.91. The number of rotatable bonds is 2. The number of benzene rings is 2. The van der Waals surface area contributed by atoms with Crippen molar-refractivity contribution < 1.29 is 0 Å². The van der Waals surface area contributed by atoms with Gasteiger partial charge in [0.15, 0.2) is 0 Å². The Balaban J connectivity index is 2.35. The molecule has 0 saturated heterocycles. The van der Waals surface area contributed by atoms with Crippen LogP contribution < -0.4 is 8.92 Å². The van der Waals surface area contributed by atoms with Gasteiger partial charge in [0.05, 0.1) is 0 Å². The van der Waals surface area contributed by atoms with Crippen LogP contribution in [0.4, 0.5) is 0 Å². The quantitative estimate of drug-likeness (QED) is 0.725. The summed E-state index contributed by atoms with van der Waals surface area (Å²) in [6, 6.07) is 21.3. The second-order valence-corrected chi connectivity index (χ2v) is 9.63. The first kappa shape index (κ1) is 10.0. The van der Waals surface area contributed by atoms with Gasteiger partial charge in [-0.2, -0.15) is 0 Å². The molecule has 0 saturated carbocycles. The second kappa shape index (κ2) is 4.82. The van der Waals surface area contributed by atoms with Crippen LogP contribution in [0.2, 0.25) is 0 Å². The SMILES string of the molecule is [Se]=[Se](c1ccccc1)c1ccccc1. The molecular weight excluding hydrogens is 302 g/mol. The maximum absolute atomic E-state index is 3.33. The molecule has 0 amide bonds. The number of hydrogen-bond donors (Lipinski definition) is 0. The van der Waals surface area contributed by atoms with Gasteiger partial charge in [0.2, 0.25) is 0 Å². The molecule has 0 heterocycles. The first-order valence-corrected chi connectivity index (χ1v) is 10.4. The summed E-state index contributed by atoms with van der Waals surface area (Å²) >= 11 is 2.43. The predicted octanol–water partition coefficient (Wildman–Crippen LogP) is 0.961. The maximum atomic E-state index is 3.33. The van der Waals surface area contributed by atoms with Gasteiger partial charge in [0, 0.05) is 0 Å². The molecule has 0 fully saturated rings. The van der Waals surface area contributed by atoms with Gasteiger partial charge in [-0.15, -0.1) is 0 Å². The van der Waals surface area contributed by atoms with E-state index >= 15 is 0 Å². The van der Waals surface area contributed by atoms with Crippen molar-refractivity contribution in [1.29, 1.82) is 0 Å². The average Bonchev–Trinajstić information content (AvgIpc) is 2.30. The molecule has 70 valence electrons. The van der Waals surface area contributed by atoms with Crippen LogP contribution in [0, 0.1) is 0 Å². The molecule has 2 aromatic carbocycles. The van der Waals surface area contributed by atoms with Crippen molar-refractivity contribution in [2.45, 2.75) is 0 Å². The Morgan fingerprint density at radius 2 is 1.00 bits per heavy atom. The Kier molecular flexibility index (Phi) is 3.44. The van der Waals surface area contributed by atoms with Crippen molar-refractivity contribution in [2.75, 3.05) is 0 Å². The molecule has 0 spiro atoms. The molecule has 2 heteroatoms. The van der Waals surface area contributed by atoms with Crippen LogP contribution in [0.5, 0.6) is 0 Å². The third-order valence-corrected chi connectivity index (χ3v) is 9.05. The van der Waals surface area contributed by atoms with Gasteiger partial charge in [-0.05, 0) is 0 Å². The summed E-state index contributed by atoms with van der Waals surface area (Å²) in [5.41, 5.74) is 0. The third kappa shape index (κ3) is 2.29. The summed E-state index contributed by atoms with van der Waals surface area (Å²) in [5, 5.41) is 0. The molecule has 0 nitrogen and oxygen atoms in total. The molecule has 0 aromatic heterocycles. The van der Waals surface area contributed by atoms with Crippen LogP contribution in [-0.2, 0) is 0 Å². The van der Waals surface area contributed by atoms with E-state index < -0.39 is 11.5 Å². The predicted molar refractivity (Wildman–Crippen MR) is 63.7 cm³/mol. The molecular formula is C12H10Se2. The van der Waals surface area contributed by atoms with E-state index in [9.17, 15) is 0 Å². The van der Waals surface area contributed by atoms with Crippen LogP contribution in [-0.4, -0.2) is 25.2 Å². The van der Waals surface area contributed by atoms with Crippen molar-refractivity contribution >= 4 is 34.1 Å². The van der Waals surface area contributed by atoms with Crippen molar-refractivity contribution in [2.24, 2.45) is 0 Å². The Morgan fingerprint density at radius 3 is 1.36 bits per heavy atom. The van der Waals surface area contributed by atoms with Crippen molar-refractivity contribution in [3.8, 4) is 0 Å². The standard InChI is InChI=1S/C12H10Se2/c13-14(11-7-3-1-4-8-11)12-9-5-2-6-10-12/h1-10H. The molecule has 0 aliphatic carbocycles. The van der Waals surface area contributed by atoms with Crippen LogP contribution in [0.3, 0.4) is 0 Å². The molecule has 2 rings (SSSR count). The van der Waals surface area contributed by atoms with Gasteiger partial charge in [-0.3, -0.25) is 0 Å². The monoisotopic (exact) mass is 314 g/mol. The van der Waals surface area contributed by atoms with Crippen LogP contribution in [0.1, 0.15) is 0 Å². The van der Waals surface area contributed by atoms with E-state index in [1.54, 1.807) is 0 Å². The zero-order valence-corrected chi connectivity index (χ0v) is 11.0. The minimum atomic E-state index is -0.904. The van der Waals surface area contributed by atoms with Crippen molar-refractivity contribution in [3.63, 3.8) is 0 Å². The Labute approximate surface area is 94.5 Å². The summed E-state index contributed by atoms with van der Waals surface area (Å²) in [7, 11) is 0. The summed E-state index contributed by atoms with van der Waals surface area (Å²) in [4.78, 5) is 0. The van der Waals surface area contributed by atoms with E-state index in [0.29, 0.717) is 0 Å². The Hall–Kier alpha value is -0.521. The van der Waals surface area contributed by atoms with Gasteiger partial charge in [0.1, 0.15) is 0 Å². The second-order valence-electron chi connectivity index (χ2n) is 2.89. The summed E-state index contributed by atoms with van der Waals surface area (Å²) in [6.45, 7) is 0. The van der Waals surface area contributed by atoms with Crippen LogP contribution >= 0.6 is 0 Å². The molecule has 0 bridgehead atoms. The van der Waals surface area contributed by atoms with Gasteiger partial charge in [0.25, 0.3) is 0 Å². The van der Waals surface area contributed by atoms with Gasteiger partial charge in [-0.1, -0.05) is 0 Å². The number of hydrogen-bond acceptors (Lipinski definition) is 0. The van der Waals surface area contributed by atoms with Crippen molar-refractivity contribution in [1.82, 2.24) is 0 Å². The molecule has 0 N–H and O–H groups in total. The van der Waals surface area contributed by atoms with Gasteiger partial charge < -0.3 is 0 Å². The van der Waals surface area contributed by atoms with Gasteiger partial charge >= 0.3 is 94.8 Å². The molecule has 0 atom stereocenters. The fourth-order valence-electron chi connectivity index (χ4n) is 1.22. The topological polar surface area (TPSA) is 0 Å². The first-order chi connectivity index (χ1) is 6.88. The van der Waals surface area contributed by atoms with E-state index in [1.807, 2.05) is 0 Å². The van der Waals surface area contributed by atoms with E-state index in [2.05, 4.69) is 74.3 Å². The zero-order chi connectivity index (χ0) is 9.80.